The zero-order chi connectivity index (χ0) is 16.4. The van der Waals surface area contributed by atoms with Crippen LogP contribution in [-0.2, 0) is 17.6 Å². The molecule has 0 aromatic carbocycles. The van der Waals surface area contributed by atoms with Crippen molar-refractivity contribution in [3.63, 3.8) is 0 Å². The summed E-state index contributed by atoms with van der Waals surface area (Å²) in [5, 5.41) is 12.6. The average Bonchev–Trinajstić information content (AvgIpc) is 3.30. The number of aliphatic hydroxyl groups is 1. The molecule has 0 bridgehead atoms. The summed E-state index contributed by atoms with van der Waals surface area (Å²) in [6.45, 7) is 0.321. The Bertz CT molecular complexity index is 571. The molecule has 3 rings (SSSR count). The number of nitrogens with zero attached hydrogens (tertiary/aromatic N) is 1. The zero-order valence-electron chi connectivity index (χ0n) is 13.5. The molecule has 5 nitrogen and oxygen atoms in total. The number of hydrogen-bond donors (Lipinski definition) is 2. The van der Waals surface area contributed by atoms with Crippen molar-refractivity contribution in [3.05, 3.63) is 21.4 Å². The lowest BCUT2D eigenvalue weighted by Gasteiger charge is -2.20. The smallest absolute Gasteiger partial charge is 0.261 e. The van der Waals surface area contributed by atoms with Crippen LogP contribution < -0.4 is 5.32 Å². The highest BCUT2D eigenvalue weighted by Crippen LogP contribution is 2.32. The first-order chi connectivity index (χ1) is 11.0. The third kappa shape index (κ3) is 4.12. The van der Waals surface area contributed by atoms with E-state index in [2.05, 4.69) is 5.32 Å². The fourth-order valence-corrected chi connectivity index (χ4v) is 4.16. The van der Waals surface area contributed by atoms with Crippen LogP contribution in [0.25, 0.3) is 0 Å². The Hall–Kier alpha value is -1.40. The van der Waals surface area contributed by atoms with Gasteiger partial charge in [0.15, 0.2) is 0 Å². The summed E-state index contributed by atoms with van der Waals surface area (Å²) in [6.07, 6.45) is 6.15. The van der Waals surface area contributed by atoms with Crippen LogP contribution in [-0.4, -0.2) is 48.1 Å². The first-order valence-corrected chi connectivity index (χ1v) is 9.18. The van der Waals surface area contributed by atoms with Gasteiger partial charge >= 0.3 is 0 Å². The number of thiophene rings is 1. The van der Waals surface area contributed by atoms with Gasteiger partial charge in [-0.05, 0) is 56.1 Å². The maximum Gasteiger partial charge on any atom is 0.261 e. The SMILES string of the molecule is CN(CC(O)C1CC1)C(=O)CNC(=O)c1cc2c(s1)CCCC2. The molecule has 23 heavy (non-hydrogen) atoms. The molecular weight excluding hydrogens is 312 g/mol. The fraction of sp³-hybridized carbons (Fsp3) is 0.647. The molecule has 1 fully saturated rings. The molecule has 1 aromatic heterocycles. The number of carbonyl (C=O) groups is 2. The number of aliphatic hydroxyl groups excluding tert-OH is 1. The largest absolute Gasteiger partial charge is 0.391 e. The third-order valence-electron chi connectivity index (χ3n) is 4.67. The number of fused-ring (bicyclic) bond motifs is 1. The van der Waals surface area contributed by atoms with Gasteiger partial charge in [0.05, 0.1) is 17.5 Å². The predicted octanol–water partition coefficient (Wildman–Crippen LogP) is 1.59. The Balaban J connectivity index is 1.47. The highest BCUT2D eigenvalue weighted by molar-refractivity contribution is 7.14. The van der Waals surface area contributed by atoms with Crippen molar-refractivity contribution < 1.29 is 14.7 Å². The van der Waals surface area contributed by atoms with Gasteiger partial charge in [-0.25, -0.2) is 0 Å². The van der Waals surface area contributed by atoms with E-state index in [1.165, 1.54) is 28.2 Å². The summed E-state index contributed by atoms with van der Waals surface area (Å²) in [5.74, 6) is 0.00513. The Morgan fingerprint density at radius 1 is 1.39 bits per heavy atom. The molecular formula is C17H24N2O3S. The number of hydrogen-bond acceptors (Lipinski definition) is 4. The molecule has 1 unspecified atom stereocenters. The molecule has 1 heterocycles. The van der Waals surface area contributed by atoms with E-state index >= 15 is 0 Å². The lowest BCUT2D eigenvalue weighted by Crippen LogP contribution is -2.41. The molecule has 1 atom stereocenters. The van der Waals surface area contributed by atoms with E-state index in [1.807, 2.05) is 6.07 Å². The van der Waals surface area contributed by atoms with E-state index in [4.69, 9.17) is 0 Å². The van der Waals surface area contributed by atoms with Crippen molar-refractivity contribution in [2.45, 2.75) is 44.6 Å². The van der Waals surface area contributed by atoms with Gasteiger partial charge in [0.2, 0.25) is 5.91 Å². The minimum Gasteiger partial charge on any atom is -0.391 e. The fourth-order valence-electron chi connectivity index (χ4n) is 2.99. The first-order valence-electron chi connectivity index (χ1n) is 8.36. The van der Waals surface area contributed by atoms with Crippen LogP contribution >= 0.6 is 11.3 Å². The van der Waals surface area contributed by atoms with Crippen LogP contribution in [0.15, 0.2) is 6.07 Å². The molecule has 0 saturated heterocycles. The molecule has 2 amide bonds. The van der Waals surface area contributed by atoms with Gasteiger partial charge in [0, 0.05) is 18.5 Å². The molecule has 2 aliphatic rings. The molecule has 1 aromatic rings. The van der Waals surface area contributed by atoms with Crippen LogP contribution in [0.3, 0.4) is 0 Å². The quantitative estimate of drug-likeness (QED) is 0.829. The monoisotopic (exact) mass is 336 g/mol. The highest BCUT2D eigenvalue weighted by Gasteiger charge is 2.31. The zero-order valence-corrected chi connectivity index (χ0v) is 14.3. The van der Waals surface area contributed by atoms with E-state index in [0.29, 0.717) is 17.3 Å². The highest BCUT2D eigenvalue weighted by atomic mass is 32.1. The summed E-state index contributed by atoms with van der Waals surface area (Å²) >= 11 is 1.55. The number of likely N-dealkylation sites (N-methyl/N-ethyl adjacent to an activating group) is 1. The molecule has 6 heteroatoms. The van der Waals surface area contributed by atoms with Crippen molar-refractivity contribution >= 4 is 23.2 Å². The van der Waals surface area contributed by atoms with E-state index in [-0.39, 0.29) is 18.4 Å². The minimum atomic E-state index is -0.441. The van der Waals surface area contributed by atoms with Gasteiger partial charge in [-0.15, -0.1) is 11.3 Å². The molecule has 2 N–H and O–H groups in total. The van der Waals surface area contributed by atoms with Crippen molar-refractivity contribution in [2.24, 2.45) is 5.92 Å². The first kappa shape index (κ1) is 16.5. The normalized spacial score (nSPS) is 18.2. The number of amides is 2. The Labute approximate surface area is 140 Å². The second-order valence-corrected chi connectivity index (χ2v) is 7.76. The second kappa shape index (κ2) is 7.01. The standard InChI is InChI=1S/C17H24N2O3S/c1-19(10-13(20)11-6-7-11)16(21)9-18-17(22)15-8-12-4-2-3-5-14(12)23-15/h8,11,13,20H,2-7,9-10H2,1H3,(H,18,22). The van der Waals surface area contributed by atoms with Gasteiger partial charge in [-0.3, -0.25) is 9.59 Å². The molecule has 0 spiro atoms. The summed E-state index contributed by atoms with van der Waals surface area (Å²) in [7, 11) is 1.67. The molecule has 0 aliphatic heterocycles. The Morgan fingerprint density at radius 2 is 2.13 bits per heavy atom. The summed E-state index contributed by atoms with van der Waals surface area (Å²) in [4.78, 5) is 27.8. The molecule has 0 radical (unpaired) electrons. The maximum absolute atomic E-state index is 12.2. The van der Waals surface area contributed by atoms with E-state index < -0.39 is 6.10 Å². The van der Waals surface area contributed by atoms with Gasteiger partial charge in [0.1, 0.15) is 0 Å². The Kier molecular flexibility index (Phi) is 5.02. The van der Waals surface area contributed by atoms with Gasteiger partial charge in [-0.2, -0.15) is 0 Å². The number of aryl methyl sites for hydroxylation is 2. The second-order valence-electron chi connectivity index (χ2n) is 6.63. The van der Waals surface area contributed by atoms with Gasteiger partial charge < -0.3 is 15.3 Å². The van der Waals surface area contributed by atoms with Crippen molar-refractivity contribution in [2.75, 3.05) is 20.1 Å². The van der Waals surface area contributed by atoms with Gasteiger partial charge in [-0.1, -0.05) is 0 Å². The maximum atomic E-state index is 12.2. The van der Waals surface area contributed by atoms with Crippen molar-refractivity contribution in [3.8, 4) is 0 Å². The topological polar surface area (TPSA) is 69.6 Å². The lowest BCUT2D eigenvalue weighted by molar-refractivity contribution is -0.130. The molecule has 126 valence electrons. The number of nitrogens with one attached hydrogen (secondary N) is 1. The van der Waals surface area contributed by atoms with Crippen molar-refractivity contribution in [1.29, 1.82) is 0 Å². The minimum absolute atomic E-state index is 0.0186. The predicted molar refractivity (Wildman–Crippen MR) is 89.7 cm³/mol. The van der Waals surface area contributed by atoms with Crippen molar-refractivity contribution in [1.82, 2.24) is 10.2 Å². The van der Waals surface area contributed by atoms with Crippen LogP contribution in [0.1, 0.15) is 45.8 Å². The van der Waals surface area contributed by atoms with Crippen LogP contribution in [0.5, 0.6) is 0 Å². The van der Waals surface area contributed by atoms with E-state index in [9.17, 15) is 14.7 Å². The summed E-state index contributed by atoms with van der Waals surface area (Å²) < 4.78 is 0. The average molecular weight is 336 g/mol. The Morgan fingerprint density at radius 3 is 2.83 bits per heavy atom. The van der Waals surface area contributed by atoms with Crippen LogP contribution in [0.4, 0.5) is 0 Å². The van der Waals surface area contributed by atoms with Crippen LogP contribution in [0, 0.1) is 5.92 Å². The summed E-state index contributed by atoms with van der Waals surface area (Å²) in [5.41, 5.74) is 1.29. The third-order valence-corrected chi connectivity index (χ3v) is 5.91. The molecule has 2 aliphatic carbocycles. The summed E-state index contributed by atoms with van der Waals surface area (Å²) in [6, 6.07) is 1.97. The van der Waals surface area contributed by atoms with E-state index in [0.717, 1.165) is 25.7 Å². The van der Waals surface area contributed by atoms with E-state index in [1.54, 1.807) is 18.4 Å². The number of rotatable bonds is 6. The van der Waals surface area contributed by atoms with Crippen LogP contribution in [0.2, 0.25) is 0 Å². The lowest BCUT2D eigenvalue weighted by atomic mass is 9.99. The molecule has 1 saturated carbocycles. The van der Waals surface area contributed by atoms with Gasteiger partial charge in [0.25, 0.3) is 5.91 Å². The number of carbonyl (C=O) groups excluding carboxylic acids is 2.